The van der Waals surface area contributed by atoms with Crippen LogP contribution in [0.25, 0.3) is 0 Å². The SMILES string of the molecule is C[Si](C)(C)N1C(=O)OCC1CCCCCCC1COC(=O)N1[Si](C)(C)C. The Bertz CT molecular complexity index is 470. The van der Waals surface area contributed by atoms with Crippen molar-refractivity contribution >= 4 is 28.7 Å². The smallest absolute Gasteiger partial charge is 0.402 e. The number of nitrogens with zero attached hydrogens (tertiary/aromatic N) is 2. The molecule has 0 bridgehead atoms. The highest BCUT2D eigenvalue weighted by molar-refractivity contribution is 6.75. The molecule has 2 amide bonds. The molecule has 0 aliphatic carbocycles. The standard InChI is InChI=1S/C18H36N2O4Si2/c1-25(2,3)19-15(13-23-17(19)21)11-9-7-8-10-12-16-14-24-18(22)20(16)26(4,5)6/h15-16H,7-14H2,1-6H3. The molecule has 150 valence electrons. The van der Waals surface area contributed by atoms with Crippen LogP contribution in [0.4, 0.5) is 9.59 Å². The Labute approximate surface area is 160 Å². The third-order valence-electron chi connectivity index (χ3n) is 5.19. The Kier molecular flexibility index (Phi) is 6.82. The maximum Gasteiger partial charge on any atom is 0.402 e. The minimum Gasteiger partial charge on any atom is -0.448 e. The van der Waals surface area contributed by atoms with Crippen LogP contribution in [-0.4, -0.2) is 63.1 Å². The molecule has 0 aromatic rings. The molecular weight excluding hydrogens is 364 g/mol. The predicted octanol–water partition coefficient (Wildman–Crippen LogP) is 4.64. The van der Waals surface area contributed by atoms with Crippen LogP contribution in [0.1, 0.15) is 38.5 Å². The third-order valence-corrected chi connectivity index (χ3v) is 9.18. The lowest BCUT2D eigenvalue weighted by Gasteiger charge is -2.33. The van der Waals surface area contributed by atoms with Gasteiger partial charge in [0.15, 0.2) is 16.5 Å². The van der Waals surface area contributed by atoms with E-state index in [1.165, 1.54) is 12.8 Å². The molecule has 2 heterocycles. The summed E-state index contributed by atoms with van der Waals surface area (Å²) >= 11 is 0. The van der Waals surface area contributed by atoms with Crippen molar-refractivity contribution in [2.75, 3.05) is 13.2 Å². The van der Waals surface area contributed by atoms with Gasteiger partial charge in [-0.05, 0) is 12.8 Å². The van der Waals surface area contributed by atoms with Crippen LogP contribution in [-0.2, 0) is 9.47 Å². The van der Waals surface area contributed by atoms with Gasteiger partial charge in [-0.1, -0.05) is 65.0 Å². The first-order valence-electron chi connectivity index (χ1n) is 9.94. The van der Waals surface area contributed by atoms with Crippen molar-refractivity contribution in [1.82, 2.24) is 9.13 Å². The van der Waals surface area contributed by atoms with E-state index < -0.39 is 16.5 Å². The zero-order chi connectivity index (χ0) is 19.5. The van der Waals surface area contributed by atoms with Gasteiger partial charge in [-0.25, -0.2) is 9.59 Å². The van der Waals surface area contributed by atoms with E-state index in [0.29, 0.717) is 13.2 Å². The number of rotatable bonds is 9. The molecule has 0 N–H and O–H groups in total. The molecule has 0 saturated carbocycles. The van der Waals surface area contributed by atoms with E-state index in [0.717, 1.165) is 25.7 Å². The molecule has 8 heteroatoms. The fourth-order valence-corrected chi connectivity index (χ4v) is 7.93. The monoisotopic (exact) mass is 400 g/mol. The second-order valence-corrected chi connectivity index (χ2v) is 19.2. The van der Waals surface area contributed by atoms with E-state index >= 15 is 0 Å². The van der Waals surface area contributed by atoms with Gasteiger partial charge < -0.3 is 18.6 Å². The first-order chi connectivity index (χ1) is 12.0. The second kappa shape index (κ2) is 8.33. The van der Waals surface area contributed by atoms with Crippen LogP contribution in [0.15, 0.2) is 0 Å². The lowest BCUT2D eigenvalue weighted by Crippen LogP contribution is -2.51. The second-order valence-electron chi connectivity index (χ2n) is 9.53. The average molecular weight is 401 g/mol. The summed E-state index contributed by atoms with van der Waals surface area (Å²) in [6.07, 6.45) is 6.40. The summed E-state index contributed by atoms with van der Waals surface area (Å²) in [5.41, 5.74) is 0. The zero-order valence-electron chi connectivity index (χ0n) is 17.3. The largest absolute Gasteiger partial charge is 0.448 e. The van der Waals surface area contributed by atoms with Gasteiger partial charge in [0.2, 0.25) is 0 Å². The van der Waals surface area contributed by atoms with Crippen LogP contribution in [0.3, 0.4) is 0 Å². The van der Waals surface area contributed by atoms with E-state index in [1.807, 2.05) is 9.13 Å². The van der Waals surface area contributed by atoms with E-state index in [1.54, 1.807) is 0 Å². The summed E-state index contributed by atoms with van der Waals surface area (Å²) < 4.78 is 14.6. The van der Waals surface area contributed by atoms with Crippen LogP contribution >= 0.6 is 0 Å². The molecule has 26 heavy (non-hydrogen) atoms. The van der Waals surface area contributed by atoms with Crippen molar-refractivity contribution in [3.63, 3.8) is 0 Å². The topological polar surface area (TPSA) is 59.1 Å². The number of unbranched alkanes of at least 4 members (excludes halogenated alkanes) is 3. The summed E-state index contributed by atoms with van der Waals surface area (Å²) in [6.45, 7) is 14.3. The summed E-state index contributed by atoms with van der Waals surface area (Å²) in [6, 6.07) is 0.523. The highest BCUT2D eigenvalue weighted by Gasteiger charge is 2.41. The third kappa shape index (κ3) is 5.25. The molecule has 0 aromatic carbocycles. The Hall–Kier alpha value is -1.03. The number of amides is 2. The van der Waals surface area contributed by atoms with Crippen LogP contribution < -0.4 is 0 Å². The Balaban J connectivity index is 1.67. The van der Waals surface area contributed by atoms with Crippen LogP contribution in [0, 0.1) is 0 Å². The van der Waals surface area contributed by atoms with Crippen molar-refractivity contribution in [3.05, 3.63) is 0 Å². The number of hydrogen-bond acceptors (Lipinski definition) is 4. The van der Waals surface area contributed by atoms with Gasteiger partial charge in [0.05, 0.1) is 12.1 Å². The molecular formula is C18H36N2O4Si2. The number of hydrogen-bond donors (Lipinski definition) is 0. The maximum atomic E-state index is 11.9. The van der Waals surface area contributed by atoms with Gasteiger partial charge in [0.25, 0.3) is 0 Å². The van der Waals surface area contributed by atoms with Crippen molar-refractivity contribution in [2.45, 2.75) is 89.9 Å². The normalized spacial score (nSPS) is 24.2. The first-order valence-corrected chi connectivity index (χ1v) is 16.8. The summed E-state index contributed by atoms with van der Waals surface area (Å²) in [4.78, 5) is 23.9. The summed E-state index contributed by atoms with van der Waals surface area (Å²) in [5.74, 6) is 0. The molecule has 6 nitrogen and oxygen atoms in total. The van der Waals surface area contributed by atoms with E-state index in [9.17, 15) is 9.59 Å². The van der Waals surface area contributed by atoms with Gasteiger partial charge in [-0.3, -0.25) is 0 Å². The lowest BCUT2D eigenvalue weighted by atomic mass is 10.0. The van der Waals surface area contributed by atoms with E-state index in [-0.39, 0.29) is 24.3 Å². The summed E-state index contributed by atoms with van der Waals surface area (Å²) in [5, 5.41) is 0. The molecule has 0 spiro atoms. The van der Waals surface area contributed by atoms with E-state index in [4.69, 9.17) is 9.47 Å². The number of carbonyl (C=O) groups is 2. The van der Waals surface area contributed by atoms with Gasteiger partial charge in [-0.2, -0.15) is 0 Å². The number of ether oxygens (including phenoxy) is 2. The minimum atomic E-state index is -1.66. The zero-order valence-corrected chi connectivity index (χ0v) is 19.3. The quantitative estimate of drug-likeness (QED) is 0.418. The molecule has 0 radical (unpaired) electrons. The first kappa shape index (κ1) is 21.3. The maximum absolute atomic E-state index is 11.9. The highest BCUT2D eigenvalue weighted by Crippen LogP contribution is 2.27. The molecule has 2 unspecified atom stereocenters. The van der Waals surface area contributed by atoms with E-state index in [2.05, 4.69) is 39.3 Å². The fraction of sp³-hybridized carbons (Fsp3) is 0.889. The minimum absolute atomic E-state index is 0.119. The molecule has 2 aliphatic rings. The number of carbonyl (C=O) groups excluding carboxylic acids is 2. The fourth-order valence-electron chi connectivity index (χ4n) is 4.10. The van der Waals surface area contributed by atoms with Gasteiger partial charge in [0.1, 0.15) is 13.2 Å². The summed E-state index contributed by atoms with van der Waals surface area (Å²) in [7, 11) is -3.33. The molecule has 2 fully saturated rings. The average Bonchev–Trinajstić information content (AvgIpc) is 3.04. The van der Waals surface area contributed by atoms with Gasteiger partial charge >= 0.3 is 12.2 Å². The predicted molar refractivity (Wildman–Crippen MR) is 108 cm³/mol. The van der Waals surface area contributed by atoms with Crippen LogP contribution in [0.5, 0.6) is 0 Å². The van der Waals surface area contributed by atoms with Crippen molar-refractivity contribution in [3.8, 4) is 0 Å². The van der Waals surface area contributed by atoms with Gasteiger partial charge in [0, 0.05) is 0 Å². The Morgan fingerprint density at radius 1 is 0.731 bits per heavy atom. The molecule has 2 atom stereocenters. The Morgan fingerprint density at radius 2 is 1.08 bits per heavy atom. The van der Waals surface area contributed by atoms with Crippen LogP contribution in [0.2, 0.25) is 39.3 Å². The highest BCUT2D eigenvalue weighted by atomic mass is 28.3. The molecule has 0 aromatic heterocycles. The number of cyclic esters (lactones) is 2. The van der Waals surface area contributed by atoms with Crippen molar-refractivity contribution in [1.29, 1.82) is 0 Å². The molecule has 2 rings (SSSR count). The molecule has 2 saturated heterocycles. The lowest BCUT2D eigenvalue weighted by molar-refractivity contribution is 0.168. The van der Waals surface area contributed by atoms with Gasteiger partial charge in [-0.15, -0.1) is 0 Å². The molecule has 2 aliphatic heterocycles. The van der Waals surface area contributed by atoms with Crippen molar-refractivity contribution < 1.29 is 19.1 Å². The Morgan fingerprint density at radius 3 is 1.38 bits per heavy atom. The van der Waals surface area contributed by atoms with Crippen molar-refractivity contribution in [2.24, 2.45) is 0 Å².